The predicted molar refractivity (Wildman–Crippen MR) is 82.1 cm³/mol. The van der Waals surface area contributed by atoms with Gasteiger partial charge in [0.2, 0.25) is 0 Å². The summed E-state index contributed by atoms with van der Waals surface area (Å²) in [5.74, 6) is 6.19. The molecule has 106 valence electrons. The normalized spacial score (nSPS) is 24.6. The van der Waals surface area contributed by atoms with Crippen LogP contribution >= 0.6 is 27.5 Å². The third kappa shape index (κ3) is 3.70. The summed E-state index contributed by atoms with van der Waals surface area (Å²) in [4.78, 5) is 0. The van der Waals surface area contributed by atoms with Crippen LogP contribution in [0.25, 0.3) is 0 Å². The Morgan fingerprint density at radius 1 is 1.58 bits per heavy atom. The van der Waals surface area contributed by atoms with E-state index >= 15 is 0 Å². The molecule has 3 nitrogen and oxygen atoms in total. The fraction of sp³-hybridized carbons (Fsp3) is 0.571. The highest BCUT2D eigenvalue weighted by Gasteiger charge is 2.33. The minimum atomic E-state index is 0.200. The molecule has 0 aliphatic carbocycles. The van der Waals surface area contributed by atoms with E-state index in [1.165, 1.54) is 0 Å². The Morgan fingerprint density at radius 2 is 2.37 bits per heavy atom. The number of rotatable bonds is 5. The van der Waals surface area contributed by atoms with Crippen molar-refractivity contribution in [3.05, 3.63) is 33.3 Å². The Kier molecular flexibility index (Phi) is 5.66. The van der Waals surface area contributed by atoms with E-state index in [0.717, 1.165) is 40.9 Å². The molecule has 3 N–H and O–H groups in total. The summed E-state index contributed by atoms with van der Waals surface area (Å²) in [5, 5.41) is 0.779. The van der Waals surface area contributed by atoms with E-state index in [2.05, 4.69) is 28.3 Å². The Hall–Kier alpha value is -0.130. The Labute approximate surface area is 127 Å². The molecule has 0 amide bonds. The number of benzene rings is 1. The van der Waals surface area contributed by atoms with Crippen LogP contribution in [0.3, 0.4) is 0 Å². The van der Waals surface area contributed by atoms with E-state index in [9.17, 15) is 0 Å². The monoisotopic (exact) mass is 346 g/mol. The molecule has 0 saturated carbocycles. The van der Waals surface area contributed by atoms with Gasteiger partial charge in [-0.3, -0.25) is 11.3 Å². The Balaban J connectivity index is 2.10. The standard InChI is InChI=1S/C14H20BrClN2O/c1-2-14-11(5-6-19-14)13(18-17)7-9-3-4-10(15)8-12(9)16/h3-4,8,11,13-14,18H,2,5-7,17H2,1H3. The van der Waals surface area contributed by atoms with Crippen molar-refractivity contribution in [2.75, 3.05) is 6.61 Å². The maximum Gasteiger partial charge on any atom is 0.0617 e. The Bertz CT molecular complexity index is 430. The van der Waals surface area contributed by atoms with E-state index in [1.807, 2.05) is 18.2 Å². The largest absolute Gasteiger partial charge is 0.378 e. The number of halogens is 2. The first kappa shape index (κ1) is 15.3. The average molecular weight is 348 g/mol. The molecule has 0 bridgehead atoms. The van der Waals surface area contributed by atoms with Crippen LogP contribution in [-0.4, -0.2) is 18.8 Å². The van der Waals surface area contributed by atoms with Gasteiger partial charge >= 0.3 is 0 Å². The van der Waals surface area contributed by atoms with Gasteiger partial charge in [0.15, 0.2) is 0 Å². The number of hydrogen-bond acceptors (Lipinski definition) is 3. The van der Waals surface area contributed by atoms with Gasteiger partial charge in [-0.15, -0.1) is 0 Å². The van der Waals surface area contributed by atoms with Crippen LogP contribution in [0, 0.1) is 5.92 Å². The molecule has 1 aromatic rings. The van der Waals surface area contributed by atoms with Crippen molar-refractivity contribution < 1.29 is 4.74 Å². The molecule has 5 heteroatoms. The topological polar surface area (TPSA) is 47.3 Å². The van der Waals surface area contributed by atoms with Gasteiger partial charge in [-0.05, 0) is 37.0 Å². The van der Waals surface area contributed by atoms with E-state index in [0.29, 0.717) is 12.0 Å². The lowest BCUT2D eigenvalue weighted by Crippen LogP contribution is -2.45. The second kappa shape index (κ2) is 7.04. The van der Waals surface area contributed by atoms with Crippen LogP contribution in [0.5, 0.6) is 0 Å². The van der Waals surface area contributed by atoms with Crippen LogP contribution in [0.15, 0.2) is 22.7 Å². The summed E-state index contributed by atoms with van der Waals surface area (Å²) in [6.07, 6.45) is 3.21. The predicted octanol–water partition coefficient (Wildman–Crippen LogP) is 3.29. The summed E-state index contributed by atoms with van der Waals surface area (Å²) in [6, 6.07) is 6.18. The Morgan fingerprint density at radius 3 is 3.00 bits per heavy atom. The second-order valence-corrected chi connectivity index (χ2v) is 6.31. The van der Waals surface area contributed by atoms with Gasteiger partial charge in [0.25, 0.3) is 0 Å². The van der Waals surface area contributed by atoms with Gasteiger partial charge in [0, 0.05) is 28.1 Å². The van der Waals surface area contributed by atoms with Crippen LogP contribution in [0.2, 0.25) is 5.02 Å². The fourth-order valence-electron chi connectivity index (χ4n) is 2.80. The molecule has 1 aliphatic rings. The first-order valence-electron chi connectivity index (χ1n) is 6.67. The minimum absolute atomic E-state index is 0.200. The highest BCUT2D eigenvalue weighted by atomic mass is 79.9. The molecule has 3 unspecified atom stereocenters. The van der Waals surface area contributed by atoms with Crippen molar-refractivity contribution in [1.29, 1.82) is 0 Å². The second-order valence-electron chi connectivity index (χ2n) is 4.98. The van der Waals surface area contributed by atoms with Crippen molar-refractivity contribution in [3.8, 4) is 0 Å². The van der Waals surface area contributed by atoms with Crippen molar-refractivity contribution in [2.24, 2.45) is 11.8 Å². The molecular weight excluding hydrogens is 328 g/mol. The van der Waals surface area contributed by atoms with Gasteiger partial charge in [0.05, 0.1) is 6.10 Å². The molecule has 1 aliphatic heterocycles. The number of nitrogens with two attached hydrogens (primary N) is 1. The first-order valence-corrected chi connectivity index (χ1v) is 7.84. The van der Waals surface area contributed by atoms with E-state index in [1.54, 1.807) is 0 Å². The summed E-state index contributed by atoms with van der Waals surface area (Å²) < 4.78 is 6.74. The van der Waals surface area contributed by atoms with Gasteiger partial charge in [-0.25, -0.2) is 0 Å². The molecule has 1 aromatic carbocycles. The quantitative estimate of drug-likeness (QED) is 0.634. The molecule has 1 fully saturated rings. The molecular formula is C14H20BrClN2O. The molecule has 0 spiro atoms. The third-order valence-corrected chi connectivity index (χ3v) is 4.69. The lowest BCUT2D eigenvalue weighted by molar-refractivity contribution is 0.0775. The molecule has 1 saturated heterocycles. The lowest BCUT2D eigenvalue weighted by Gasteiger charge is -2.27. The van der Waals surface area contributed by atoms with E-state index in [4.69, 9.17) is 22.2 Å². The van der Waals surface area contributed by atoms with Crippen LogP contribution in [-0.2, 0) is 11.2 Å². The zero-order valence-corrected chi connectivity index (χ0v) is 13.4. The summed E-state index contributed by atoms with van der Waals surface area (Å²) in [6.45, 7) is 2.98. The number of hydrazine groups is 1. The van der Waals surface area contributed by atoms with Crippen molar-refractivity contribution >= 4 is 27.5 Å². The third-order valence-electron chi connectivity index (χ3n) is 3.85. The van der Waals surface area contributed by atoms with Gasteiger partial charge in [-0.1, -0.05) is 40.5 Å². The van der Waals surface area contributed by atoms with Crippen molar-refractivity contribution in [1.82, 2.24) is 5.43 Å². The first-order chi connectivity index (χ1) is 9.15. The minimum Gasteiger partial charge on any atom is -0.378 e. The van der Waals surface area contributed by atoms with Gasteiger partial charge < -0.3 is 4.74 Å². The zero-order valence-electron chi connectivity index (χ0n) is 11.0. The van der Waals surface area contributed by atoms with Crippen LogP contribution < -0.4 is 11.3 Å². The number of nitrogens with one attached hydrogen (secondary N) is 1. The molecule has 0 radical (unpaired) electrons. The van der Waals surface area contributed by atoms with Gasteiger partial charge in [-0.2, -0.15) is 0 Å². The number of hydrogen-bond donors (Lipinski definition) is 2. The summed E-state index contributed by atoms with van der Waals surface area (Å²) in [5.41, 5.74) is 4.07. The highest BCUT2D eigenvalue weighted by Crippen LogP contribution is 2.30. The van der Waals surface area contributed by atoms with Crippen LogP contribution in [0.4, 0.5) is 0 Å². The van der Waals surface area contributed by atoms with Crippen molar-refractivity contribution in [3.63, 3.8) is 0 Å². The maximum absolute atomic E-state index is 6.28. The zero-order chi connectivity index (χ0) is 13.8. The van der Waals surface area contributed by atoms with Crippen LogP contribution in [0.1, 0.15) is 25.3 Å². The summed E-state index contributed by atoms with van der Waals surface area (Å²) in [7, 11) is 0. The fourth-order valence-corrected chi connectivity index (χ4v) is 3.55. The molecule has 1 heterocycles. The molecule has 0 aromatic heterocycles. The maximum atomic E-state index is 6.28. The molecule has 3 atom stereocenters. The summed E-state index contributed by atoms with van der Waals surface area (Å²) >= 11 is 9.70. The lowest BCUT2D eigenvalue weighted by atomic mass is 9.87. The smallest absolute Gasteiger partial charge is 0.0617 e. The SMILES string of the molecule is CCC1OCCC1C(Cc1ccc(Br)cc1Cl)NN. The van der Waals surface area contributed by atoms with E-state index in [-0.39, 0.29) is 6.04 Å². The van der Waals surface area contributed by atoms with E-state index < -0.39 is 0 Å². The highest BCUT2D eigenvalue weighted by molar-refractivity contribution is 9.10. The molecule has 19 heavy (non-hydrogen) atoms. The average Bonchev–Trinajstić information content (AvgIpc) is 2.86. The van der Waals surface area contributed by atoms with Crippen molar-refractivity contribution in [2.45, 2.75) is 38.3 Å². The number of ether oxygens (including phenoxy) is 1. The van der Waals surface area contributed by atoms with Gasteiger partial charge in [0.1, 0.15) is 0 Å². The molecule has 2 rings (SSSR count).